The quantitative estimate of drug-likeness (QED) is 0.576. The summed E-state index contributed by atoms with van der Waals surface area (Å²) in [5.74, 6) is -1.28. The van der Waals surface area contributed by atoms with E-state index in [4.69, 9.17) is 34.8 Å². The summed E-state index contributed by atoms with van der Waals surface area (Å²) in [6, 6.07) is 11.2. The fourth-order valence-corrected chi connectivity index (χ4v) is 2.07. The average Bonchev–Trinajstić information content (AvgIpc) is 2.45. The lowest BCUT2D eigenvalue weighted by atomic mass is 10.2. The van der Waals surface area contributed by atoms with E-state index in [9.17, 15) is 14.3 Å². The summed E-state index contributed by atoms with van der Waals surface area (Å²) < 4.78 is 12.1. The van der Waals surface area contributed by atoms with Gasteiger partial charge in [-0.05, 0) is 13.8 Å². The SMILES string of the molecule is CC(C)[NH2+]Cc1ccccc1.COP(=O)([O-])NC(=O)C(Cl)(Cl)Cl. The zero-order valence-electron chi connectivity index (χ0n) is 13.0. The minimum Gasteiger partial charge on any atom is -0.762 e. The number of carbonyl (C=O) groups excluding carboxylic acids is 1. The molecule has 10 heteroatoms. The molecule has 1 rings (SSSR count). The molecule has 0 spiro atoms. The molecular formula is C13H20Cl3N2O4P. The van der Waals surface area contributed by atoms with Gasteiger partial charge in [-0.3, -0.25) is 14.4 Å². The van der Waals surface area contributed by atoms with E-state index in [1.54, 1.807) is 0 Å². The smallest absolute Gasteiger partial charge is 0.278 e. The summed E-state index contributed by atoms with van der Waals surface area (Å²) in [4.78, 5) is 21.2. The molecule has 1 amide bonds. The Kier molecular flexibility index (Phi) is 10.4. The van der Waals surface area contributed by atoms with Crippen molar-refractivity contribution < 1.29 is 24.1 Å². The number of rotatable bonds is 5. The van der Waals surface area contributed by atoms with Gasteiger partial charge < -0.3 is 14.7 Å². The maximum atomic E-state index is 10.7. The Morgan fingerprint density at radius 2 is 1.87 bits per heavy atom. The van der Waals surface area contributed by atoms with E-state index in [-0.39, 0.29) is 0 Å². The predicted octanol–water partition coefficient (Wildman–Crippen LogP) is 1.75. The van der Waals surface area contributed by atoms with Crippen molar-refractivity contribution in [2.75, 3.05) is 7.11 Å². The maximum absolute atomic E-state index is 10.7. The Morgan fingerprint density at radius 1 is 1.35 bits per heavy atom. The Balaban J connectivity index is 0.000000422. The van der Waals surface area contributed by atoms with Gasteiger partial charge in [0.15, 0.2) is 0 Å². The number of halogens is 3. The van der Waals surface area contributed by atoms with Gasteiger partial charge in [0.2, 0.25) is 7.75 Å². The Morgan fingerprint density at radius 3 is 2.26 bits per heavy atom. The number of hydrogen-bond donors (Lipinski definition) is 2. The van der Waals surface area contributed by atoms with Gasteiger partial charge >= 0.3 is 0 Å². The van der Waals surface area contributed by atoms with Crippen LogP contribution in [0.3, 0.4) is 0 Å². The number of alkyl halides is 3. The summed E-state index contributed by atoms with van der Waals surface area (Å²) in [6.45, 7) is 5.52. The van der Waals surface area contributed by atoms with Crippen LogP contribution in [0, 0.1) is 0 Å². The molecule has 0 aliphatic rings. The third-order valence-corrected chi connectivity index (χ3v) is 3.88. The minimum atomic E-state index is -4.43. The molecule has 0 aliphatic heterocycles. The van der Waals surface area contributed by atoms with Crippen LogP contribution in [0.1, 0.15) is 19.4 Å². The average molecular weight is 406 g/mol. The van der Waals surface area contributed by atoms with E-state index in [0.717, 1.165) is 13.7 Å². The van der Waals surface area contributed by atoms with Crippen LogP contribution in [0.25, 0.3) is 0 Å². The first-order valence-electron chi connectivity index (χ1n) is 6.61. The minimum absolute atomic E-state index is 0.690. The van der Waals surface area contributed by atoms with Crippen molar-refractivity contribution in [3.63, 3.8) is 0 Å². The number of nitrogens with two attached hydrogens (primary N) is 1. The van der Waals surface area contributed by atoms with E-state index in [1.807, 2.05) is 0 Å². The monoisotopic (exact) mass is 404 g/mol. The third kappa shape index (κ3) is 11.8. The number of benzene rings is 1. The third-order valence-electron chi connectivity index (χ3n) is 2.40. The molecule has 1 aromatic rings. The van der Waals surface area contributed by atoms with Crippen LogP contribution in [0.4, 0.5) is 0 Å². The molecule has 0 bridgehead atoms. The molecule has 1 aromatic carbocycles. The van der Waals surface area contributed by atoms with Gasteiger partial charge in [0, 0.05) is 12.7 Å². The maximum Gasteiger partial charge on any atom is 0.278 e. The first-order valence-corrected chi connectivity index (χ1v) is 9.29. The highest BCUT2D eigenvalue weighted by atomic mass is 35.6. The van der Waals surface area contributed by atoms with Gasteiger partial charge in [-0.1, -0.05) is 65.1 Å². The van der Waals surface area contributed by atoms with Crippen LogP contribution >= 0.6 is 42.5 Å². The summed E-state index contributed by atoms with van der Waals surface area (Å²) in [5, 5.41) is 3.72. The molecule has 0 radical (unpaired) electrons. The van der Waals surface area contributed by atoms with Gasteiger partial charge in [-0.25, -0.2) is 0 Å². The summed E-state index contributed by atoms with van der Waals surface area (Å²) in [7, 11) is -3.56. The van der Waals surface area contributed by atoms with Crippen LogP contribution in [0.15, 0.2) is 30.3 Å². The second-order valence-electron chi connectivity index (χ2n) is 4.79. The fraction of sp³-hybridized carbons (Fsp3) is 0.462. The number of carbonyl (C=O) groups is 1. The van der Waals surface area contributed by atoms with Crippen LogP contribution in [0.2, 0.25) is 0 Å². The molecule has 23 heavy (non-hydrogen) atoms. The van der Waals surface area contributed by atoms with Crippen molar-refractivity contribution in [2.24, 2.45) is 0 Å². The normalized spacial score (nSPS) is 13.7. The van der Waals surface area contributed by atoms with Crippen LogP contribution < -0.4 is 15.3 Å². The Hall–Kier alpha value is -0.330. The molecule has 0 saturated heterocycles. The van der Waals surface area contributed by atoms with Crippen LogP contribution in [-0.2, 0) is 20.4 Å². The second kappa shape index (κ2) is 10.5. The number of quaternary nitrogens is 1. The van der Waals surface area contributed by atoms with Gasteiger partial charge in [0.05, 0.1) is 6.04 Å². The molecule has 1 unspecified atom stereocenters. The summed E-state index contributed by atoms with van der Waals surface area (Å²) in [5.41, 5.74) is 1.40. The Labute approximate surface area is 151 Å². The second-order valence-corrected chi connectivity index (χ2v) is 8.65. The molecule has 6 nitrogen and oxygen atoms in total. The van der Waals surface area contributed by atoms with E-state index in [1.165, 1.54) is 10.7 Å². The first-order chi connectivity index (χ1) is 10.5. The van der Waals surface area contributed by atoms with Gasteiger partial charge in [-0.15, -0.1) is 0 Å². The Bertz CT molecular complexity index is 524. The molecule has 0 aromatic heterocycles. The van der Waals surface area contributed by atoms with Gasteiger partial charge in [-0.2, -0.15) is 0 Å². The van der Waals surface area contributed by atoms with E-state index < -0.39 is 17.4 Å². The van der Waals surface area contributed by atoms with Crippen molar-refractivity contribution in [1.82, 2.24) is 5.09 Å². The van der Waals surface area contributed by atoms with Crippen molar-refractivity contribution in [2.45, 2.75) is 30.2 Å². The van der Waals surface area contributed by atoms with Crippen molar-refractivity contribution >= 4 is 48.5 Å². The highest BCUT2D eigenvalue weighted by Crippen LogP contribution is 2.34. The van der Waals surface area contributed by atoms with Crippen LogP contribution in [-0.4, -0.2) is 22.9 Å². The predicted molar refractivity (Wildman–Crippen MR) is 90.3 cm³/mol. The molecule has 132 valence electrons. The van der Waals surface area contributed by atoms with Crippen molar-refractivity contribution in [3.8, 4) is 0 Å². The molecular weight excluding hydrogens is 385 g/mol. The van der Waals surface area contributed by atoms with Gasteiger partial charge in [0.25, 0.3) is 9.70 Å². The van der Waals surface area contributed by atoms with E-state index in [2.05, 4.69) is 54.0 Å². The lowest BCUT2D eigenvalue weighted by Crippen LogP contribution is -2.86. The number of nitrogens with one attached hydrogen (secondary N) is 1. The highest BCUT2D eigenvalue weighted by molar-refractivity contribution is 7.50. The van der Waals surface area contributed by atoms with Gasteiger partial charge in [0.1, 0.15) is 6.54 Å². The number of amides is 1. The summed E-state index contributed by atoms with van der Waals surface area (Å²) in [6.07, 6.45) is 0. The summed E-state index contributed by atoms with van der Waals surface area (Å²) >= 11 is 15.1. The largest absolute Gasteiger partial charge is 0.762 e. The van der Waals surface area contributed by atoms with Crippen LogP contribution in [0.5, 0.6) is 0 Å². The molecule has 0 fully saturated rings. The standard InChI is InChI=1S/C10H15N.C3H5Cl3NO4P/c1-9(2)11-8-10-6-4-3-5-7-10;1-11-12(9,10)7-2(8)3(4,5)6/h3-7,9,11H,8H2,1-2H3;1H3,(H2,7,8,9,10). The molecule has 0 saturated carbocycles. The van der Waals surface area contributed by atoms with E-state index in [0.29, 0.717) is 6.04 Å². The topological polar surface area (TPSA) is 95.1 Å². The highest BCUT2D eigenvalue weighted by Gasteiger charge is 2.32. The fourth-order valence-electron chi connectivity index (χ4n) is 1.22. The van der Waals surface area contributed by atoms with Crippen molar-refractivity contribution in [1.29, 1.82) is 0 Å². The molecule has 1 atom stereocenters. The molecule has 3 N–H and O–H groups in total. The van der Waals surface area contributed by atoms with E-state index >= 15 is 0 Å². The lowest BCUT2D eigenvalue weighted by Gasteiger charge is -2.23. The zero-order valence-corrected chi connectivity index (χ0v) is 16.1. The molecule has 0 heterocycles. The lowest BCUT2D eigenvalue weighted by molar-refractivity contribution is -0.698. The number of hydrogen-bond acceptors (Lipinski definition) is 4. The molecule has 0 aliphatic carbocycles. The van der Waals surface area contributed by atoms with Crippen molar-refractivity contribution in [3.05, 3.63) is 35.9 Å². The zero-order chi connectivity index (χ0) is 18.1. The first kappa shape index (κ1) is 22.7.